The summed E-state index contributed by atoms with van der Waals surface area (Å²) in [6.07, 6.45) is 2.51. The van der Waals surface area contributed by atoms with Crippen LogP contribution in [0.1, 0.15) is 12.8 Å². The Hall–Kier alpha value is -0.610. The summed E-state index contributed by atoms with van der Waals surface area (Å²) in [7, 11) is 0. The molecule has 0 aromatic heterocycles. The van der Waals surface area contributed by atoms with E-state index in [1.165, 1.54) is 25.0 Å². The van der Waals surface area contributed by atoms with E-state index in [0.717, 1.165) is 6.61 Å². The molecule has 4 heteroatoms. The Morgan fingerprint density at radius 2 is 2.13 bits per heavy atom. The molecule has 1 fully saturated rings. The van der Waals surface area contributed by atoms with Crippen molar-refractivity contribution in [2.24, 2.45) is 5.92 Å². The number of hydrogen-bond acceptors (Lipinski definition) is 2. The standard InChI is InChI=1S/C11H12BrFO2/c12-9-3-10(13)5-11(4-9)15-7-14-6-8-1-2-8/h3-5,8H,1-2,6-7H2. The SMILES string of the molecule is Fc1cc(Br)cc(OCOCC2CC2)c1. The highest BCUT2D eigenvalue weighted by Gasteiger charge is 2.21. The van der Waals surface area contributed by atoms with E-state index in [0.29, 0.717) is 16.1 Å². The van der Waals surface area contributed by atoms with E-state index in [9.17, 15) is 4.39 Å². The Labute approximate surface area is 96.5 Å². The first-order chi connectivity index (χ1) is 7.24. The second kappa shape index (κ2) is 4.94. The Bertz CT molecular complexity index is 319. The highest BCUT2D eigenvalue weighted by molar-refractivity contribution is 9.10. The fourth-order valence-corrected chi connectivity index (χ4v) is 1.67. The van der Waals surface area contributed by atoms with Crippen LogP contribution >= 0.6 is 15.9 Å². The Morgan fingerprint density at radius 3 is 2.80 bits per heavy atom. The molecule has 1 aromatic carbocycles. The smallest absolute Gasteiger partial charge is 0.189 e. The number of benzene rings is 1. The number of rotatable bonds is 5. The average Bonchev–Trinajstić information content (AvgIpc) is 2.94. The zero-order valence-corrected chi connectivity index (χ0v) is 9.80. The van der Waals surface area contributed by atoms with E-state index < -0.39 is 0 Å². The van der Waals surface area contributed by atoms with Crippen LogP contribution < -0.4 is 4.74 Å². The molecule has 0 heterocycles. The van der Waals surface area contributed by atoms with Crippen LogP contribution in [-0.4, -0.2) is 13.4 Å². The predicted molar refractivity (Wildman–Crippen MR) is 58.3 cm³/mol. The van der Waals surface area contributed by atoms with Crippen molar-refractivity contribution in [1.82, 2.24) is 0 Å². The van der Waals surface area contributed by atoms with Gasteiger partial charge in [0.05, 0.1) is 6.61 Å². The summed E-state index contributed by atoms with van der Waals surface area (Å²) in [5.41, 5.74) is 0. The minimum Gasteiger partial charge on any atom is -0.467 e. The fourth-order valence-electron chi connectivity index (χ4n) is 1.22. The summed E-state index contributed by atoms with van der Waals surface area (Å²) in [6.45, 7) is 0.933. The molecule has 2 rings (SSSR count). The molecular formula is C11H12BrFO2. The maximum atomic E-state index is 12.9. The first-order valence-corrected chi connectivity index (χ1v) is 5.70. The third kappa shape index (κ3) is 3.80. The van der Waals surface area contributed by atoms with Crippen molar-refractivity contribution >= 4 is 15.9 Å². The molecule has 0 unspecified atom stereocenters. The van der Waals surface area contributed by atoms with Crippen molar-refractivity contribution in [2.75, 3.05) is 13.4 Å². The maximum absolute atomic E-state index is 12.9. The van der Waals surface area contributed by atoms with Gasteiger partial charge in [0.25, 0.3) is 0 Å². The maximum Gasteiger partial charge on any atom is 0.189 e. The van der Waals surface area contributed by atoms with Crippen LogP contribution in [0.25, 0.3) is 0 Å². The van der Waals surface area contributed by atoms with Gasteiger partial charge in [0, 0.05) is 10.5 Å². The van der Waals surface area contributed by atoms with Crippen LogP contribution in [-0.2, 0) is 4.74 Å². The third-order valence-corrected chi connectivity index (χ3v) is 2.65. The Kier molecular flexibility index (Phi) is 3.59. The van der Waals surface area contributed by atoms with Gasteiger partial charge in [-0.2, -0.15) is 0 Å². The number of hydrogen-bond donors (Lipinski definition) is 0. The molecule has 0 spiro atoms. The lowest BCUT2D eigenvalue weighted by Crippen LogP contribution is -2.05. The van der Waals surface area contributed by atoms with Crippen molar-refractivity contribution in [1.29, 1.82) is 0 Å². The molecule has 0 atom stereocenters. The average molecular weight is 275 g/mol. The molecule has 0 bridgehead atoms. The summed E-state index contributed by atoms with van der Waals surface area (Å²) in [5.74, 6) is 0.882. The lowest BCUT2D eigenvalue weighted by atomic mass is 10.3. The Balaban J connectivity index is 1.76. The van der Waals surface area contributed by atoms with Crippen LogP contribution in [0, 0.1) is 11.7 Å². The molecule has 1 aliphatic carbocycles. The van der Waals surface area contributed by atoms with Gasteiger partial charge in [-0.1, -0.05) is 15.9 Å². The van der Waals surface area contributed by atoms with E-state index >= 15 is 0 Å². The highest BCUT2D eigenvalue weighted by atomic mass is 79.9. The van der Waals surface area contributed by atoms with Gasteiger partial charge >= 0.3 is 0 Å². The van der Waals surface area contributed by atoms with Crippen LogP contribution in [0.5, 0.6) is 5.75 Å². The third-order valence-electron chi connectivity index (χ3n) is 2.20. The van der Waals surface area contributed by atoms with E-state index in [2.05, 4.69) is 15.9 Å². The van der Waals surface area contributed by atoms with E-state index in [1.54, 1.807) is 6.07 Å². The molecule has 0 amide bonds. The second-order valence-electron chi connectivity index (χ2n) is 3.68. The van der Waals surface area contributed by atoms with Crippen LogP contribution in [0.15, 0.2) is 22.7 Å². The van der Waals surface area contributed by atoms with Crippen molar-refractivity contribution in [3.63, 3.8) is 0 Å². The normalized spacial score (nSPS) is 15.3. The molecule has 0 radical (unpaired) electrons. The predicted octanol–water partition coefficient (Wildman–Crippen LogP) is 3.35. The first-order valence-electron chi connectivity index (χ1n) is 4.90. The van der Waals surface area contributed by atoms with Crippen molar-refractivity contribution in [3.05, 3.63) is 28.5 Å². The van der Waals surface area contributed by atoms with Crippen molar-refractivity contribution < 1.29 is 13.9 Å². The van der Waals surface area contributed by atoms with Gasteiger partial charge in [-0.3, -0.25) is 0 Å². The minimum atomic E-state index is -0.318. The molecule has 15 heavy (non-hydrogen) atoms. The molecular weight excluding hydrogens is 263 g/mol. The van der Waals surface area contributed by atoms with Gasteiger partial charge in [0.2, 0.25) is 0 Å². The van der Waals surface area contributed by atoms with E-state index in [-0.39, 0.29) is 12.6 Å². The lowest BCUT2D eigenvalue weighted by molar-refractivity contribution is 0.00980. The molecule has 1 saturated carbocycles. The largest absolute Gasteiger partial charge is 0.467 e. The quantitative estimate of drug-likeness (QED) is 0.606. The van der Waals surface area contributed by atoms with Gasteiger partial charge in [0.15, 0.2) is 6.79 Å². The highest BCUT2D eigenvalue weighted by Crippen LogP contribution is 2.28. The topological polar surface area (TPSA) is 18.5 Å². The van der Waals surface area contributed by atoms with Crippen LogP contribution in [0.2, 0.25) is 0 Å². The first kappa shape index (κ1) is 10.9. The molecule has 2 nitrogen and oxygen atoms in total. The zero-order valence-electron chi connectivity index (χ0n) is 8.21. The zero-order chi connectivity index (χ0) is 10.7. The second-order valence-corrected chi connectivity index (χ2v) is 4.60. The van der Waals surface area contributed by atoms with Gasteiger partial charge in [-0.15, -0.1) is 0 Å². The summed E-state index contributed by atoms with van der Waals surface area (Å²) in [6, 6.07) is 4.44. The minimum absolute atomic E-state index is 0.187. The monoisotopic (exact) mass is 274 g/mol. The summed E-state index contributed by atoms with van der Waals surface area (Å²) in [4.78, 5) is 0. The number of halogens is 2. The van der Waals surface area contributed by atoms with Crippen molar-refractivity contribution in [3.8, 4) is 5.75 Å². The van der Waals surface area contributed by atoms with Gasteiger partial charge in [-0.05, 0) is 30.9 Å². The van der Waals surface area contributed by atoms with E-state index in [4.69, 9.17) is 9.47 Å². The van der Waals surface area contributed by atoms with E-state index in [1.807, 2.05) is 0 Å². The Morgan fingerprint density at radius 1 is 1.33 bits per heavy atom. The van der Waals surface area contributed by atoms with Gasteiger partial charge in [-0.25, -0.2) is 4.39 Å². The van der Waals surface area contributed by atoms with Crippen molar-refractivity contribution in [2.45, 2.75) is 12.8 Å². The van der Waals surface area contributed by atoms with Gasteiger partial charge < -0.3 is 9.47 Å². The summed E-state index contributed by atoms with van der Waals surface area (Å²) in [5, 5.41) is 0. The fraction of sp³-hybridized carbons (Fsp3) is 0.455. The molecule has 82 valence electrons. The van der Waals surface area contributed by atoms with Crippen LogP contribution in [0.3, 0.4) is 0 Å². The molecule has 1 aromatic rings. The van der Waals surface area contributed by atoms with Crippen LogP contribution in [0.4, 0.5) is 4.39 Å². The van der Waals surface area contributed by atoms with Gasteiger partial charge in [0.1, 0.15) is 11.6 Å². The molecule has 0 N–H and O–H groups in total. The molecule has 0 saturated heterocycles. The number of ether oxygens (including phenoxy) is 2. The molecule has 1 aliphatic rings. The summed E-state index contributed by atoms with van der Waals surface area (Å²) >= 11 is 3.19. The lowest BCUT2D eigenvalue weighted by Gasteiger charge is -2.07. The summed E-state index contributed by atoms with van der Waals surface area (Å²) < 4.78 is 24.1. The molecule has 0 aliphatic heterocycles.